The van der Waals surface area contributed by atoms with Crippen molar-refractivity contribution < 1.29 is 9.21 Å². The van der Waals surface area contributed by atoms with Crippen LogP contribution in [0.4, 0.5) is 5.69 Å². The van der Waals surface area contributed by atoms with Gasteiger partial charge in [-0.25, -0.2) is 9.97 Å². The highest BCUT2D eigenvalue weighted by molar-refractivity contribution is 5.97. The molecular weight excluding hydrogens is 308 g/mol. The zero-order chi connectivity index (χ0) is 16.5. The molecule has 1 fully saturated rings. The number of aromatic nitrogens is 3. The maximum atomic E-state index is 11.3. The van der Waals surface area contributed by atoms with Gasteiger partial charge in [0.25, 0.3) is 5.91 Å². The number of carbonyl (C=O) groups is 1. The molecule has 1 aliphatic rings. The summed E-state index contributed by atoms with van der Waals surface area (Å²) in [6, 6.07) is 2.27. The normalized spacial score (nSPS) is 17.9. The van der Waals surface area contributed by atoms with Crippen molar-refractivity contribution in [3.8, 4) is 11.5 Å². The Labute approximate surface area is 137 Å². The lowest BCUT2D eigenvalue weighted by Gasteiger charge is -2.26. The van der Waals surface area contributed by atoms with E-state index in [9.17, 15) is 4.79 Å². The van der Waals surface area contributed by atoms with E-state index in [-0.39, 0.29) is 5.69 Å². The molecule has 0 saturated carbocycles. The Hall–Kier alpha value is -2.87. The van der Waals surface area contributed by atoms with E-state index in [1.807, 2.05) is 12.3 Å². The molecule has 8 heteroatoms. The second-order valence-electron chi connectivity index (χ2n) is 5.88. The lowest BCUT2D eigenvalue weighted by molar-refractivity contribution is 0.0995. The summed E-state index contributed by atoms with van der Waals surface area (Å²) in [5.74, 6) is -0.294. The van der Waals surface area contributed by atoms with E-state index in [4.69, 9.17) is 10.2 Å². The minimum Gasteiger partial charge on any atom is -0.443 e. The van der Waals surface area contributed by atoms with Crippen LogP contribution in [0.25, 0.3) is 22.5 Å². The van der Waals surface area contributed by atoms with Crippen molar-refractivity contribution in [2.45, 2.75) is 18.9 Å². The SMILES string of the molecule is NC(=O)c1coc(-c2cnc3[nH]ccc3c2N[C@@H]2CCCNC2)n1. The van der Waals surface area contributed by atoms with Gasteiger partial charge in [-0.1, -0.05) is 0 Å². The van der Waals surface area contributed by atoms with Crippen LogP contribution >= 0.6 is 0 Å². The van der Waals surface area contributed by atoms with E-state index in [0.717, 1.165) is 42.7 Å². The summed E-state index contributed by atoms with van der Waals surface area (Å²) in [6.07, 6.45) is 7.01. The summed E-state index contributed by atoms with van der Waals surface area (Å²) in [5, 5.41) is 7.92. The van der Waals surface area contributed by atoms with Gasteiger partial charge in [-0.3, -0.25) is 4.79 Å². The molecule has 1 amide bonds. The number of nitrogens with one attached hydrogen (secondary N) is 3. The summed E-state index contributed by atoms with van der Waals surface area (Å²) < 4.78 is 5.45. The predicted octanol–water partition coefficient (Wildman–Crippen LogP) is 1.48. The van der Waals surface area contributed by atoms with Crippen LogP contribution in [-0.2, 0) is 0 Å². The number of rotatable bonds is 4. The number of piperidine rings is 1. The van der Waals surface area contributed by atoms with Gasteiger partial charge in [0.05, 0.1) is 11.3 Å². The number of hydrogen-bond acceptors (Lipinski definition) is 6. The van der Waals surface area contributed by atoms with E-state index < -0.39 is 5.91 Å². The molecule has 4 heterocycles. The number of fused-ring (bicyclic) bond motifs is 1. The van der Waals surface area contributed by atoms with Crippen LogP contribution in [0, 0.1) is 0 Å². The van der Waals surface area contributed by atoms with Crippen molar-refractivity contribution in [2.24, 2.45) is 5.73 Å². The average molecular weight is 326 g/mol. The third-order valence-electron chi connectivity index (χ3n) is 4.22. The second-order valence-corrected chi connectivity index (χ2v) is 5.88. The number of primary amides is 1. The number of hydrogen-bond donors (Lipinski definition) is 4. The molecule has 0 bridgehead atoms. The van der Waals surface area contributed by atoms with Gasteiger partial charge in [0, 0.05) is 30.4 Å². The Bertz CT molecular complexity index is 878. The largest absolute Gasteiger partial charge is 0.443 e. The molecule has 3 aromatic heterocycles. The molecule has 1 saturated heterocycles. The highest BCUT2D eigenvalue weighted by Gasteiger charge is 2.21. The third-order valence-corrected chi connectivity index (χ3v) is 4.22. The second kappa shape index (κ2) is 5.97. The number of oxazole rings is 1. The molecule has 0 spiro atoms. The fraction of sp³-hybridized carbons (Fsp3) is 0.312. The van der Waals surface area contributed by atoms with Crippen molar-refractivity contribution in [3.05, 3.63) is 30.4 Å². The number of aromatic amines is 1. The Kier molecular flexibility index (Phi) is 3.66. The maximum Gasteiger partial charge on any atom is 0.270 e. The number of nitrogens with two attached hydrogens (primary N) is 1. The molecule has 4 rings (SSSR count). The molecule has 3 aromatic rings. The van der Waals surface area contributed by atoms with Gasteiger partial charge < -0.3 is 25.8 Å². The first kappa shape index (κ1) is 14.7. The van der Waals surface area contributed by atoms with E-state index in [1.165, 1.54) is 6.26 Å². The first-order valence-electron chi connectivity index (χ1n) is 7.91. The zero-order valence-electron chi connectivity index (χ0n) is 13.0. The molecule has 5 N–H and O–H groups in total. The summed E-state index contributed by atoms with van der Waals surface area (Å²) in [6.45, 7) is 1.94. The van der Waals surface area contributed by atoms with Crippen LogP contribution in [0.2, 0.25) is 0 Å². The van der Waals surface area contributed by atoms with Crippen LogP contribution in [0.3, 0.4) is 0 Å². The van der Waals surface area contributed by atoms with Crippen LogP contribution in [0.1, 0.15) is 23.3 Å². The van der Waals surface area contributed by atoms with E-state index >= 15 is 0 Å². The van der Waals surface area contributed by atoms with Crippen molar-refractivity contribution in [2.75, 3.05) is 18.4 Å². The van der Waals surface area contributed by atoms with Gasteiger partial charge in [-0.05, 0) is 25.5 Å². The molecule has 0 aromatic carbocycles. The quantitative estimate of drug-likeness (QED) is 0.576. The van der Waals surface area contributed by atoms with Gasteiger partial charge in [-0.15, -0.1) is 0 Å². The number of anilines is 1. The molecule has 0 radical (unpaired) electrons. The van der Waals surface area contributed by atoms with Crippen molar-refractivity contribution >= 4 is 22.6 Å². The van der Waals surface area contributed by atoms with Gasteiger partial charge in [0.1, 0.15) is 11.9 Å². The third kappa shape index (κ3) is 2.61. The van der Waals surface area contributed by atoms with Crippen molar-refractivity contribution in [1.29, 1.82) is 0 Å². The lowest BCUT2D eigenvalue weighted by atomic mass is 10.1. The van der Waals surface area contributed by atoms with Gasteiger partial charge in [-0.2, -0.15) is 0 Å². The highest BCUT2D eigenvalue weighted by atomic mass is 16.3. The molecule has 124 valence electrons. The van der Waals surface area contributed by atoms with Crippen molar-refractivity contribution in [3.63, 3.8) is 0 Å². The van der Waals surface area contributed by atoms with Crippen molar-refractivity contribution in [1.82, 2.24) is 20.3 Å². The molecule has 24 heavy (non-hydrogen) atoms. The van der Waals surface area contributed by atoms with Crippen LogP contribution < -0.4 is 16.4 Å². The van der Waals surface area contributed by atoms with E-state index in [2.05, 4.69) is 25.6 Å². The lowest BCUT2D eigenvalue weighted by Crippen LogP contribution is -2.38. The molecular formula is C16H18N6O2. The Balaban J connectivity index is 1.78. The number of carbonyl (C=O) groups excluding carboxylic acids is 1. The van der Waals surface area contributed by atoms with Gasteiger partial charge >= 0.3 is 0 Å². The first-order chi connectivity index (χ1) is 11.7. The van der Waals surface area contributed by atoms with Gasteiger partial charge in [0.15, 0.2) is 5.69 Å². The molecule has 1 atom stereocenters. The molecule has 1 aliphatic heterocycles. The standard InChI is InChI=1S/C16H18N6O2/c17-14(23)12-8-24-16(22-12)11-7-20-15-10(3-5-19-15)13(11)21-9-2-1-4-18-6-9/h3,5,7-9,18H,1-2,4,6H2,(H2,17,23)(H2,19,20,21)/t9-/m1/s1. The number of pyridine rings is 1. The minimum atomic E-state index is -0.619. The molecule has 0 unspecified atom stereocenters. The number of amides is 1. The fourth-order valence-electron chi connectivity index (χ4n) is 3.02. The van der Waals surface area contributed by atoms with E-state index in [0.29, 0.717) is 17.5 Å². The minimum absolute atomic E-state index is 0.101. The Morgan fingerprint density at radius 3 is 3.12 bits per heavy atom. The van der Waals surface area contributed by atoms with Crippen LogP contribution in [0.15, 0.2) is 29.1 Å². The van der Waals surface area contributed by atoms with Crippen LogP contribution in [-0.4, -0.2) is 40.0 Å². The molecule has 8 nitrogen and oxygen atoms in total. The topological polar surface area (TPSA) is 122 Å². The fourth-order valence-corrected chi connectivity index (χ4v) is 3.02. The van der Waals surface area contributed by atoms with Gasteiger partial charge in [0.2, 0.25) is 5.89 Å². The zero-order valence-corrected chi connectivity index (χ0v) is 13.0. The predicted molar refractivity (Wildman–Crippen MR) is 89.6 cm³/mol. The maximum absolute atomic E-state index is 11.3. The Morgan fingerprint density at radius 1 is 1.46 bits per heavy atom. The smallest absolute Gasteiger partial charge is 0.270 e. The summed E-state index contributed by atoms with van der Waals surface area (Å²) in [7, 11) is 0. The summed E-state index contributed by atoms with van der Waals surface area (Å²) in [4.78, 5) is 23.0. The Morgan fingerprint density at radius 2 is 2.38 bits per heavy atom. The first-order valence-corrected chi connectivity index (χ1v) is 7.91. The highest BCUT2D eigenvalue weighted by Crippen LogP contribution is 2.33. The molecule has 0 aliphatic carbocycles. The monoisotopic (exact) mass is 326 g/mol. The summed E-state index contributed by atoms with van der Waals surface area (Å²) >= 11 is 0. The average Bonchev–Trinajstić information content (AvgIpc) is 3.25. The van der Waals surface area contributed by atoms with E-state index in [1.54, 1.807) is 6.20 Å². The summed E-state index contributed by atoms with van der Waals surface area (Å²) in [5.41, 5.74) is 7.75. The van der Waals surface area contributed by atoms with Crippen LogP contribution in [0.5, 0.6) is 0 Å². The number of H-pyrrole nitrogens is 1. The number of nitrogens with zero attached hydrogens (tertiary/aromatic N) is 2.